The maximum Gasteiger partial charge on any atom is 0.338 e. The molecule has 0 aliphatic heterocycles. The second-order valence-corrected chi connectivity index (χ2v) is 12.2. The SMILES string of the molecule is CCCCCCCCCCCCCCCOc1ccc2cc(CCc3ccc(C(=O)OC[C@H](C)CC)cc3)ccc2c1. The van der Waals surface area contributed by atoms with Gasteiger partial charge in [-0.15, -0.1) is 0 Å². The normalized spacial score (nSPS) is 12.0. The lowest BCUT2D eigenvalue weighted by Gasteiger charge is -2.10. The Morgan fingerprint density at radius 1 is 0.643 bits per heavy atom. The van der Waals surface area contributed by atoms with E-state index in [-0.39, 0.29) is 5.97 Å². The van der Waals surface area contributed by atoms with Crippen molar-refractivity contribution in [3.05, 3.63) is 77.4 Å². The summed E-state index contributed by atoms with van der Waals surface area (Å²) in [6.07, 6.45) is 20.7. The van der Waals surface area contributed by atoms with E-state index >= 15 is 0 Å². The first-order chi connectivity index (χ1) is 20.6. The summed E-state index contributed by atoms with van der Waals surface area (Å²) in [5.41, 5.74) is 3.17. The molecule has 0 unspecified atom stereocenters. The van der Waals surface area contributed by atoms with Crippen LogP contribution in [0.15, 0.2) is 60.7 Å². The van der Waals surface area contributed by atoms with E-state index < -0.39 is 0 Å². The van der Waals surface area contributed by atoms with Crippen molar-refractivity contribution in [2.45, 2.75) is 124 Å². The van der Waals surface area contributed by atoms with Crippen molar-refractivity contribution in [2.24, 2.45) is 5.92 Å². The van der Waals surface area contributed by atoms with E-state index in [1.807, 2.05) is 24.3 Å². The monoisotopic (exact) mass is 572 g/mol. The third-order valence-corrected chi connectivity index (χ3v) is 8.48. The lowest BCUT2D eigenvalue weighted by atomic mass is 10.0. The minimum Gasteiger partial charge on any atom is -0.494 e. The Morgan fingerprint density at radius 3 is 1.83 bits per heavy atom. The van der Waals surface area contributed by atoms with Crippen LogP contribution in [-0.2, 0) is 17.6 Å². The van der Waals surface area contributed by atoms with Crippen molar-refractivity contribution in [2.75, 3.05) is 13.2 Å². The van der Waals surface area contributed by atoms with Crippen LogP contribution in [0.5, 0.6) is 5.75 Å². The van der Waals surface area contributed by atoms with E-state index in [0.717, 1.165) is 38.0 Å². The van der Waals surface area contributed by atoms with Gasteiger partial charge in [0, 0.05) is 0 Å². The van der Waals surface area contributed by atoms with Gasteiger partial charge in [-0.2, -0.15) is 0 Å². The summed E-state index contributed by atoms with van der Waals surface area (Å²) in [6.45, 7) is 7.77. The molecule has 0 radical (unpaired) electrons. The standard InChI is InChI=1S/C39H56O3/c1-4-6-7-8-9-10-11-12-13-14-15-16-17-28-41-38-27-26-36-29-34(22-25-37(36)30-38)19-18-33-20-23-35(24-21-33)39(40)42-31-32(3)5-2/h20-27,29-30,32H,4-19,28,31H2,1-3H3/t32-/m1/s1. The fourth-order valence-electron chi connectivity index (χ4n) is 5.34. The van der Waals surface area contributed by atoms with Gasteiger partial charge in [0.05, 0.1) is 18.8 Å². The van der Waals surface area contributed by atoms with Crippen molar-refractivity contribution in [1.82, 2.24) is 0 Å². The Balaban J connectivity index is 1.30. The highest BCUT2D eigenvalue weighted by Crippen LogP contribution is 2.23. The molecule has 3 aromatic rings. The zero-order valence-corrected chi connectivity index (χ0v) is 26.8. The topological polar surface area (TPSA) is 35.5 Å². The first kappa shape index (κ1) is 33.7. The van der Waals surface area contributed by atoms with Crippen LogP contribution in [0, 0.1) is 5.92 Å². The molecule has 3 nitrogen and oxygen atoms in total. The quantitative estimate of drug-likeness (QED) is 0.0887. The van der Waals surface area contributed by atoms with Crippen LogP contribution in [0.3, 0.4) is 0 Å². The molecule has 3 heteroatoms. The highest BCUT2D eigenvalue weighted by Gasteiger charge is 2.09. The van der Waals surface area contributed by atoms with E-state index in [9.17, 15) is 4.79 Å². The van der Waals surface area contributed by atoms with Gasteiger partial charge in [-0.1, -0.05) is 141 Å². The fraction of sp³-hybridized carbons (Fsp3) is 0.564. The highest BCUT2D eigenvalue weighted by atomic mass is 16.5. The van der Waals surface area contributed by atoms with Gasteiger partial charge in [0.1, 0.15) is 5.75 Å². The summed E-state index contributed by atoms with van der Waals surface area (Å²) < 4.78 is 11.5. The van der Waals surface area contributed by atoms with Crippen LogP contribution in [-0.4, -0.2) is 19.2 Å². The number of hydrogen-bond donors (Lipinski definition) is 0. The smallest absolute Gasteiger partial charge is 0.338 e. The van der Waals surface area contributed by atoms with Gasteiger partial charge in [0.25, 0.3) is 0 Å². The van der Waals surface area contributed by atoms with Gasteiger partial charge >= 0.3 is 5.97 Å². The molecule has 0 saturated heterocycles. The fourth-order valence-corrected chi connectivity index (χ4v) is 5.34. The minimum atomic E-state index is -0.232. The molecule has 1 atom stereocenters. The van der Waals surface area contributed by atoms with Crippen LogP contribution in [0.1, 0.15) is 132 Å². The van der Waals surface area contributed by atoms with Crippen LogP contribution in [0.4, 0.5) is 0 Å². The summed E-state index contributed by atoms with van der Waals surface area (Å²) in [5, 5.41) is 2.47. The lowest BCUT2D eigenvalue weighted by molar-refractivity contribution is 0.0447. The molecule has 0 spiro atoms. The van der Waals surface area contributed by atoms with Crippen molar-refractivity contribution < 1.29 is 14.3 Å². The maximum absolute atomic E-state index is 12.2. The predicted molar refractivity (Wildman–Crippen MR) is 179 cm³/mol. The lowest BCUT2D eigenvalue weighted by Crippen LogP contribution is -2.11. The van der Waals surface area contributed by atoms with E-state index in [0.29, 0.717) is 18.1 Å². The van der Waals surface area contributed by atoms with Gasteiger partial charge in [-0.3, -0.25) is 0 Å². The summed E-state index contributed by atoms with van der Waals surface area (Å²) >= 11 is 0. The number of aryl methyl sites for hydroxylation is 2. The first-order valence-corrected chi connectivity index (χ1v) is 17.0. The average Bonchev–Trinajstić information content (AvgIpc) is 3.02. The van der Waals surface area contributed by atoms with Crippen LogP contribution < -0.4 is 4.74 Å². The van der Waals surface area contributed by atoms with Crippen LogP contribution in [0.2, 0.25) is 0 Å². The van der Waals surface area contributed by atoms with E-state index in [4.69, 9.17) is 9.47 Å². The number of rotatable bonds is 22. The molecule has 0 saturated carbocycles. The number of benzene rings is 3. The molecule has 0 aromatic heterocycles. The van der Waals surface area contributed by atoms with Gasteiger partial charge in [-0.25, -0.2) is 4.79 Å². The van der Waals surface area contributed by atoms with Gasteiger partial charge in [-0.05, 0) is 71.3 Å². The molecule has 0 bridgehead atoms. The van der Waals surface area contributed by atoms with Gasteiger partial charge in [0.15, 0.2) is 0 Å². The van der Waals surface area contributed by atoms with Crippen molar-refractivity contribution in [1.29, 1.82) is 0 Å². The van der Waals surface area contributed by atoms with Crippen molar-refractivity contribution in [3.8, 4) is 5.75 Å². The summed E-state index contributed by atoms with van der Waals surface area (Å²) in [6, 6.07) is 21.0. The molecule has 0 N–H and O–H groups in total. The molecule has 0 aliphatic carbocycles. The third kappa shape index (κ3) is 13.0. The first-order valence-electron chi connectivity index (χ1n) is 17.0. The molecular formula is C39H56O3. The highest BCUT2D eigenvalue weighted by molar-refractivity contribution is 5.89. The Bertz CT molecular complexity index is 1150. The molecule has 3 aromatic carbocycles. The molecular weight excluding hydrogens is 516 g/mol. The molecule has 0 fully saturated rings. The number of carbonyl (C=O) groups is 1. The van der Waals surface area contributed by atoms with Crippen molar-refractivity contribution in [3.63, 3.8) is 0 Å². The largest absolute Gasteiger partial charge is 0.494 e. The Morgan fingerprint density at radius 2 is 1.19 bits per heavy atom. The van der Waals surface area contributed by atoms with E-state index in [1.165, 1.54) is 98.9 Å². The number of esters is 1. The zero-order chi connectivity index (χ0) is 29.8. The summed E-state index contributed by atoms with van der Waals surface area (Å²) in [4.78, 5) is 12.2. The third-order valence-electron chi connectivity index (χ3n) is 8.48. The second kappa shape index (κ2) is 20.2. The van der Waals surface area contributed by atoms with E-state index in [2.05, 4.69) is 57.2 Å². The second-order valence-electron chi connectivity index (χ2n) is 12.2. The molecule has 0 amide bonds. The molecule has 0 aliphatic rings. The number of carbonyl (C=O) groups excluding carboxylic acids is 1. The van der Waals surface area contributed by atoms with Crippen LogP contribution >= 0.6 is 0 Å². The number of hydrogen-bond acceptors (Lipinski definition) is 3. The molecule has 3 rings (SSSR count). The minimum absolute atomic E-state index is 0.232. The number of fused-ring (bicyclic) bond motifs is 1. The molecule has 230 valence electrons. The predicted octanol–water partition coefficient (Wildman–Crippen LogP) is 11.3. The summed E-state index contributed by atoms with van der Waals surface area (Å²) in [5.74, 6) is 1.13. The summed E-state index contributed by atoms with van der Waals surface area (Å²) in [7, 11) is 0. The number of ether oxygens (including phenoxy) is 2. The zero-order valence-electron chi connectivity index (χ0n) is 26.8. The van der Waals surface area contributed by atoms with Gasteiger partial charge in [0.2, 0.25) is 0 Å². The van der Waals surface area contributed by atoms with Crippen molar-refractivity contribution >= 4 is 16.7 Å². The van der Waals surface area contributed by atoms with E-state index in [1.54, 1.807) is 0 Å². The Hall–Kier alpha value is -2.81. The number of unbranched alkanes of at least 4 members (excludes halogenated alkanes) is 12. The van der Waals surface area contributed by atoms with Gasteiger partial charge < -0.3 is 9.47 Å². The average molecular weight is 573 g/mol. The molecule has 0 heterocycles. The Labute approximate surface area is 256 Å². The molecule has 42 heavy (non-hydrogen) atoms. The maximum atomic E-state index is 12.2. The van der Waals surface area contributed by atoms with Crippen LogP contribution in [0.25, 0.3) is 10.8 Å². The Kier molecular flexibility index (Phi) is 16.2.